The molecule has 0 spiro atoms. The molecule has 0 saturated carbocycles. The molecule has 3 N–H and O–H groups in total. The Morgan fingerprint density at radius 1 is 1.03 bits per heavy atom. The lowest BCUT2D eigenvalue weighted by Crippen LogP contribution is -2.16. The number of carbonyl (C=O) groups is 1. The molecule has 0 unspecified atom stereocenters. The van der Waals surface area contributed by atoms with E-state index in [1.54, 1.807) is 30.3 Å². The Bertz CT molecular complexity index is 1100. The van der Waals surface area contributed by atoms with E-state index in [0.29, 0.717) is 50.3 Å². The van der Waals surface area contributed by atoms with Crippen LogP contribution in [0.5, 0.6) is 23.0 Å². The third-order valence-electron chi connectivity index (χ3n) is 4.36. The molecular weight excluding hydrogens is 458 g/mol. The summed E-state index contributed by atoms with van der Waals surface area (Å²) in [4.78, 5) is 12.3. The molecule has 0 saturated heterocycles. The van der Waals surface area contributed by atoms with Gasteiger partial charge in [-0.25, -0.2) is 4.68 Å². The summed E-state index contributed by atoms with van der Waals surface area (Å²) in [7, 11) is 6.07. The summed E-state index contributed by atoms with van der Waals surface area (Å²) in [5.74, 6) is 8.24. The molecule has 3 rings (SSSR count). The molecule has 0 radical (unpaired) electrons. The minimum absolute atomic E-state index is 0.0637. The molecule has 0 atom stereocenters. The van der Waals surface area contributed by atoms with Crippen LogP contribution in [0.3, 0.4) is 0 Å². The summed E-state index contributed by atoms with van der Waals surface area (Å²) in [5.41, 5.74) is 1.16. The maximum atomic E-state index is 12.3. The number of nitrogens with two attached hydrogens (primary N) is 1. The molecule has 2 aromatic carbocycles. The number of halogens is 1. The summed E-state index contributed by atoms with van der Waals surface area (Å²) in [6.07, 6.45) is 0. The zero-order valence-electron chi connectivity index (χ0n) is 17.8. The highest BCUT2D eigenvalue weighted by atomic mass is 35.5. The molecule has 0 aliphatic carbocycles. The molecule has 1 aromatic heterocycles. The third kappa shape index (κ3) is 4.94. The molecule has 0 fully saturated rings. The minimum Gasteiger partial charge on any atom is -0.495 e. The van der Waals surface area contributed by atoms with Crippen LogP contribution in [-0.2, 0) is 4.79 Å². The zero-order valence-corrected chi connectivity index (χ0v) is 19.4. The number of nitrogens with zero attached hydrogens (tertiary/aromatic N) is 3. The van der Waals surface area contributed by atoms with Crippen molar-refractivity contribution in [2.75, 3.05) is 45.4 Å². The van der Waals surface area contributed by atoms with Gasteiger partial charge in [0.1, 0.15) is 5.75 Å². The average Bonchev–Trinajstić information content (AvgIpc) is 3.16. The SMILES string of the molecule is COc1ccc(NC(=O)CSc2nnc(-c3cc(OC)c(OC)c(OC)c3)n2N)cc1Cl. The number of hydrogen-bond donors (Lipinski definition) is 2. The number of rotatable bonds is 9. The van der Waals surface area contributed by atoms with Crippen molar-refractivity contribution in [3.63, 3.8) is 0 Å². The number of methoxy groups -OCH3 is 4. The van der Waals surface area contributed by atoms with Crippen molar-refractivity contribution in [1.29, 1.82) is 0 Å². The van der Waals surface area contributed by atoms with E-state index in [9.17, 15) is 4.79 Å². The number of benzene rings is 2. The summed E-state index contributed by atoms with van der Waals surface area (Å²) < 4.78 is 22.5. The molecule has 3 aromatic rings. The maximum absolute atomic E-state index is 12.3. The van der Waals surface area contributed by atoms with Crippen LogP contribution in [0.1, 0.15) is 0 Å². The first-order valence-corrected chi connectivity index (χ1v) is 10.5. The van der Waals surface area contributed by atoms with Gasteiger partial charge >= 0.3 is 0 Å². The standard InChI is InChI=1S/C20H22ClN5O5S/c1-28-14-6-5-12(9-13(14)21)23-17(27)10-32-20-25-24-19(26(20)22)11-7-15(29-2)18(31-4)16(8-11)30-3/h5-9H,10,22H2,1-4H3,(H,23,27). The highest BCUT2D eigenvalue weighted by Crippen LogP contribution is 2.41. The fourth-order valence-electron chi connectivity index (χ4n) is 2.85. The average molecular weight is 480 g/mol. The predicted octanol–water partition coefficient (Wildman–Crippen LogP) is 3.08. The second-order valence-corrected chi connectivity index (χ2v) is 7.63. The largest absolute Gasteiger partial charge is 0.495 e. The quantitative estimate of drug-likeness (QED) is 0.352. The topological polar surface area (TPSA) is 123 Å². The van der Waals surface area contributed by atoms with Gasteiger partial charge in [-0.3, -0.25) is 4.79 Å². The first-order valence-electron chi connectivity index (χ1n) is 9.18. The Balaban J connectivity index is 1.73. The smallest absolute Gasteiger partial charge is 0.234 e. The van der Waals surface area contributed by atoms with E-state index < -0.39 is 0 Å². The van der Waals surface area contributed by atoms with E-state index in [-0.39, 0.29) is 11.7 Å². The highest BCUT2D eigenvalue weighted by Gasteiger charge is 2.19. The first kappa shape index (κ1) is 23.4. The van der Waals surface area contributed by atoms with Crippen LogP contribution in [0, 0.1) is 0 Å². The Morgan fingerprint density at radius 2 is 1.69 bits per heavy atom. The predicted molar refractivity (Wildman–Crippen MR) is 123 cm³/mol. The number of ether oxygens (including phenoxy) is 4. The Morgan fingerprint density at radius 3 is 2.25 bits per heavy atom. The van der Waals surface area contributed by atoms with E-state index in [0.717, 1.165) is 11.8 Å². The van der Waals surface area contributed by atoms with E-state index in [2.05, 4.69) is 15.5 Å². The van der Waals surface area contributed by atoms with Crippen LogP contribution in [0.2, 0.25) is 5.02 Å². The lowest BCUT2D eigenvalue weighted by molar-refractivity contribution is -0.113. The van der Waals surface area contributed by atoms with Crippen molar-refractivity contribution < 1.29 is 23.7 Å². The van der Waals surface area contributed by atoms with Gasteiger partial charge in [-0.2, -0.15) is 0 Å². The van der Waals surface area contributed by atoms with Gasteiger partial charge in [-0.1, -0.05) is 23.4 Å². The molecule has 1 heterocycles. The van der Waals surface area contributed by atoms with Crippen molar-refractivity contribution in [1.82, 2.24) is 14.9 Å². The molecule has 0 aliphatic heterocycles. The number of anilines is 1. The number of aromatic nitrogens is 3. The number of nitrogen functional groups attached to an aromatic ring is 1. The summed E-state index contributed by atoms with van der Waals surface area (Å²) in [6.45, 7) is 0. The van der Waals surface area contributed by atoms with Crippen LogP contribution < -0.4 is 30.1 Å². The number of hydrogen-bond acceptors (Lipinski definition) is 9. The van der Waals surface area contributed by atoms with Gasteiger partial charge in [0.2, 0.25) is 16.8 Å². The van der Waals surface area contributed by atoms with E-state index in [4.69, 9.17) is 36.4 Å². The Kier molecular flexibility index (Phi) is 7.54. The molecule has 0 bridgehead atoms. The first-order chi connectivity index (χ1) is 15.4. The van der Waals surface area contributed by atoms with Crippen molar-refractivity contribution in [2.45, 2.75) is 5.16 Å². The minimum atomic E-state index is -0.256. The molecule has 170 valence electrons. The van der Waals surface area contributed by atoms with Crippen molar-refractivity contribution in [2.24, 2.45) is 0 Å². The number of carbonyl (C=O) groups excluding carboxylic acids is 1. The van der Waals surface area contributed by atoms with Crippen molar-refractivity contribution in [3.05, 3.63) is 35.4 Å². The number of thioether (sulfide) groups is 1. The summed E-state index contributed by atoms with van der Waals surface area (Å²) >= 11 is 7.22. The fraction of sp³-hybridized carbons (Fsp3) is 0.250. The lowest BCUT2D eigenvalue weighted by Gasteiger charge is -2.13. The summed E-state index contributed by atoms with van der Waals surface area (Å²) in [6, 6.07) is 8.40. The van der Waals surface area contributed by atoms with Gasteiger partial charge in [0.05, 0.1) is 39.2 Å². The second-order valence-electron chi connectivity index (χ2n) is 6.28. The molecular formula is C20H22ClN5O5S. The maximum Gasteiger partial charge on any atom is 0.234 e. The molecule has 10 nitrogen and oxygen atoms in total. The van der Waals surface area contributed by atoms with E-state index in [1.807, 2.05) is 0 Å². The molecule has 0 aliphatic rings. The second kappa shape index (κ2) is 10.3. The monoisotopic (exact) mass is 479 g/mol. The van der Waals surface area contributed by atoms with Crippen molar-refractivity contribution in [3.8, 4) is 34.4 Å². The third-order valence-corrected chi connectivity index (χ3v) is 5.59. The number of amides is 1. The zero-order chi connectivity index (χ0) is 23.3. The van der Waals surface area contributed by atoms with Gasteiger partial charge in [0, 0.05) is 11.3 Å². The van der Waals surface area contributed by atoms with Crippen molar-refractivity contribution >= 4 is 35.0 Å². The van der Waals surface area contributed by atoms with Crippen LogP contribution >= 0.6 is 23.4 Å². The van der Waals surface area contributed by atoms with Crippen LogP contribution in [-0.4, -0.2) is 55.0 Å². The van der Waals surface area contributed by atoms with Gasteiger partial charge in [0.15, 0.2) is 17.3 Å². The fourth-order valence-corrected chi connectivity index (χ4v) is 3.77. The molecule has 1 amide bonds. The Hall–Kier alpha value is -3.31. The van der Waals surface area contributed by atoms with Gasteiger partial charge < -0.3 is 30.1 Å². The van der Waals surface area contributed by atoms with Gasteiger partial charge in [0.25, 0.3) is 0 Å². The van der Waals surface area contributed by atoms with Crippen LogP contribution in [0.25, 0.3) is 11.4 Å². The Labute approximate surface area is 193 Å². The normalized spacial score (nSPS) is 10.5. The molecule has 32 heavy (non-hydrogen) atoms. The van der Waals surface area contributed by atoms with Gasteiger partial charge in [-0.15, -0.1) is 10.2 Å². The number of nitrogens with one attached hydrogen (secondary N) is 1. The van der Waals surface area contributed by atoms with Crippen LogP contribution in [0.15, 0.2) is 35.5 Å². The lowest BCUT2D eigenvalue weighted by atomic mass is 10.1. The van der Waals surface area contributed by atoms with Crippen LogP contribution in [0.4, 0.5) is 5.69 Å². The summed E-state index contributed by atoms with van der Waals surface area (Å²) in [5, 5.41) is 11.7. The van der Waals surface area contributed by atoms with E-state index in [1.165, 1.54) is 33.1 Å². The van der Waals surface area contributed by atoms with E-state index >= 15 is 0 Å². The highest BCUT2D eigenvalue weighted by molar-refractivity contribution is 7.99. The molecule has 12 heteroatoms. The van der Waals surface area contributed by atoms with Gasteiger partial charge in [-0.05, 0) is 30.3 Å².